The SMILES string of the molecule is O=C(c1cc(C(F)(F)F)cc(C(F)(F)F)c1)N1CCO[C@H](c2ccc(Cl)c(Cl)c2)C1. The topological polar surface area (TPSA) is 29.5 Å². The van der Waals surface area contributed by atoms with Gasteiger partial charge in [0.1, 0.15) is 6.10 Å². The third kappa shape index (κ3) is 5.01. The lowest BCUT2D eigenvalue weighted by Crippen LogP contribution is -2.42. The smallest absolute Gasteiger partial charge is 0.370 e. The number of hydrogen-bond donors (Lipinski definition) is 0. The van der Waals surface area contributed by atoms with Gasteiger partial charge in [-0.1, -0.05) is 29.3 Å². The van der Waals surface area contributed by atoms with Crippen molar-refractivity contribution in [3.05, 3.63) is 68.7 Å². The minimum Gasteiger partial charge on any atom is -0.370 e. The molecule has 0 saturated carbocycles. The van der Waals surface area contributed by atoms with E-state index in [1.165, 1.54) is 12.1 Å². The highest BCUT2D eigenvalue weighted by molar-refractivity contribution is 6.42. The first-order chi connectivity index (χ1) is 13.9. The molecule has 0 radical (unpaired) electrons. The number of nitrogens with zero attached hydrogens (tertiary/aromatic N) is 1. The number of ether oxygens (including phenoxy) is 1. The molecule has 2 aromatic carbocycles. The number of rotatable bonds is 2. The van der Waals surface area contributed by atoms with Crippen LogP contribution in [0.3, 0.4) is 0 Å². The molecule has 1 fully saturated rings. The van der Waals surface area contributed by atoms with Crippen molar-refractivity contribution in [2.75, 3.05) is 19.7 Å². The van der Waals surface area contributed by atoms with E-state index in [2.05, 4.69) is 0 Å². The number of alkyl halides is 6. The predicted molar refractivity (Wildman–Crippen MR) is 97.5 cm³/mol. The van der Waals surface area contributed by atoms with Crippen molar-refractivity contribution in [1.29, 1.82) is 0 Å². The number of benzene rings is 2. The molecule has 2 aromatic rings. The summed E-state index contributed by atoms with van der Waals surface area (Å²) in [6.45, 7) is -0.0234. The Hall–Kier alpha value is -1.97. The van der Waals surface area contributed by atoms with Gasteiger partial charge in [-0.15, -0.1) is 0 Å². The molecule has 1 atom stereocenters. The summed E-state index contributed by atoms with van der Waals surface area (Å²) in [5.41, 5.74) is -3.22. The fourth-order valence-electron chi connectivity index (χ4n) is 3.01. The molecule has 3 nitrogen and oxygen atoms in total. The van der Waals surface area contributed by atoms with Crippen LogP contribution in [0.25, 0.3) is 0 Å². The fraction of sp³-hybridized carbons (Fsp3) is 0.316. The lowest BCUT2D eigenvalue weighted by atomic mass is 10.0. The van der Waals surface area contributed by atoms with Crippen LogP contribution in [0.2, 0.25) is 10.0 Å². The Bertz CT molecular complexity index is 929. The molecule has 1 saturated heterocycles. The zero-order valence-corrected chi connectivity index (χ0v) is 16.5. The highest BCUT2D eigenvalue weighted by atomic mass is 35.5. The molecule has 0 aromatic heterocycles. The molecule has 11 heteroatoms. The summed E-state index contributed by atoms with van der Waals surface area (Å²) in [7, 11) is 0. The van der Waals surface area contributed by atoms with Gasteiger partial charge in [0, 0.05) is 12.1 Å². The standard InChI is InChI=1S/C19H13Cl2F6NO2/c20-14-2-1-10(7-15(14)21)16-9-28(3-4-30-16)17(29)11-5-12(18(22,23)24)8-13(6-11)19(25,26)27/h1-2,5-8,16H,3-4,9H2/t16-/m0/s1. The molecular weight excluding hydrogens is 459 g/mol. The second kappa shape index (κ2) is 8.28. The van der Waals surface area contributed by atoms with Crippen LogP contribution in [-0.2, 0) is 17.1 Å². The Morgan fingerprint density at radius 2 is 1.53 bits per heavy atom. The van der Waals surface area contributed by atoms with E-state index < -0.39 is 41.1 Å². The van der Waals surface area contributed by atoms with Crippen molar-refractivity contribution in [3.63, 3.8) is 0 Å². The highest BCUT2D eigenvalue weighted by Crippen LogP contribution is 2.37. The van der Waals surface area contributed by atoms with E-state index in [0.717, 1.165) is 4.90 Å². The second-order valence-electron chi connectivity index (χ2n) is 6.58. The summed E-state index contributed by atoms with van der Waals surface area (Å²) >= 11 is 11.8. The van der Waals surface area contributed by atoms with Crippen molar-refractivity contribution >= 4 is 29.1 Å². The van der Waals surface area contributed by atoms with E-state index in [0.29, 0.717) is 22.7 Å². The van der Waals surface area contributed by atoms with Gasteiger partial charge in [-0.05, 0) is 35.9 Å². The first kappa shape index (κ1) is 22.7. The van der Waals surface area contributed by atoms with Gasteiger partial charge in [-0.3, -0.25) is 4.79 Å². The first-order valence-electron chi connectivity index (χ1n) is 8.51. The van der Waals surface area contributed by atoms with Crippen LogP contribution in [0.4, 0.5) is 26.3 Å². The summed E-state index contributed by atoms with van der Waals surface area (Å²) in [6.07, 6.45) is -10.7. The summed E-state index contributed by atoms with van der Waals surface area (Å²) in [5, 5.41) is 0.543. The van der Waals surface area contributed by atoms with Crippen molar-refractivity contribution in [3.8, 4) is 0 Å². The van der Waals surface area contributed by atoms with Gasteiger partial charge in [0.15, 0.2) is 0 Å². The minimum absolute atomic E-state index is 0.00819. The molecule has 0 N–H and O–H groups in total. The Morgan fingerprint density at radius 3 is 2.07 bits per heavy atom. The summed E-state index contributed by atoms with van der Waals surface area (Å²) < 4.78 is 83.9. The summed E-state index contributed by atoms with van der Waals surface area (Å²) in [6, 6.07) is 5.47. The van der Waals surface area contributed by atoms with Gasteiger partial charge in [0.25, 0.3) is 5.91 Å². The van der Waals surface area contributed by atoms with Crippen LogP contribution in [0.15, 0.2) is 36.4 Å². The van der Waals surface area contributed by atoms with Gasteiger partial charge < -0.3 is 9.64 Å². The molecule has 0 unspecified atom stereocenters. The normalized spacial score (nSPS) is 17.9. The Balaban J connectivity index is 1.90. The van der Waals surface area contributed by atoms with Crippen LogP contribution in [0.1, 0.15) is 33.2 Å². The van der Waals surface area contributed by atoms with Crippen LogP contribution >= 0.6 is 23.2 Å². The van der Waals surface area contributed by atoms with E-state index in [1.807, 2.05) is 0 Å². The molecule has 0 aliphatic carbocycles. The van der Waals surface area contributed by atoms with Crippen LogP contribution in [-0.4, -0.2) is 30.5 Å². The molecule has 1 aliphatic rings. The molecule has 30 heavy (non-hydrogen) atoms. The Labute approximate surface area is 177 Å². The molecule has 3 rings (SSSR count). The lowest BCUT2D eigenvalue weighted by molar-refractivity contribution is -0.143. The van der Waals surface area contributed by atoms with E-state index in [1.54, 1.807) is 6.07 Å². The maximum atomic E-state index is 13.1. The molecular formula is C19H13Cl2F6NO2. The van der Waals surface area contributed by atoms with E-state index in [9.17, 15) is 31.1 Å². The fourth-order valence-corrected chi connectivity index (χ4v) is 3.32. The molecule has 0 bridgehead atoms. The maximum absolute atomic E-state index is 13.1. The molecule has 1 amide bonds. The number of morpholine rings is 1. The minimum atomic E-state index is -5.04. The number of amides is 1. The maximum Gasteiger partial charge on any atom is 0.416 e. The summed E-state index contributed by atoms with van der Waals surface area (Å²) in [5.74, 6) is -0.958. The largest absolute Gasteiger partial charge is 0.416 e. The van der Waals surface area contributed by atoms with Crippen LogP contribution in [0, 0.1) is 0 Å². The van der Waals surface area contributed by atoms with Gasteiger partial charge in [-0.25, -0.2) is 0 Å². The van der Waals surface area contributed by atoms with Gasteiger partial charge >= 0.3 is 12.4 Å². The van der Waals surface area contributed by atoms with E-state index >= 15 is 0 Å². The number of halogens is 8. The van der Waals surface area contributed by atoms with Crippen molar-refractivity contribution in [2.24, 2.45) is 0 Å². The van der Waals surface area contributed by atoms with Crippen LogP contribution in [0.5, 0.6) is 0 Å². The summed E-state index contributed by atoms with van der Waals surface area (Å²) in [4.78, 5) is 13.9. The average Bonchev–Trinajstić information content (AvgIpc) is 2.68. The monoisotopic (exact) mass is 471 g/mol. The molecule has 1 aliphatic heterocycles. The van der Waals surface area contributed by atoms with E-state index in [4.69, 9.17) is 27.9 Å². The van der Waals surface area contributed by atoms with Crippen molar-refractivity contribution in [1.82, 2.24) is 4.90 Å². The second-order valence-corrected chi connectivity index (χ2v) is 7.39. The first-order valence-corrected chi connectivity index (χ1v) is 9.27. The third-order valence-electron chi connectivity index (χ3n) is 4.50. The van der Waals surface area contributed by atoms with E-state index in [-0.39, 0.29) is 30.8 Å². The third-order valence-corrected chi connectivity index (χ3v) is 5.24. The van der Waals surface area contributed by atoms with Crippen LogP contribution < -0.4 is 0 Å². The average molecular weight is 472 g/mol. The molecule has 1 heterocycles. The Morgan fingerprint density at radius 1 is 0.933 bits per heavy atom. The quantitative estimate of drug-likeness (QED) is 0.484. The number of carbonyl (C=O) groups excluding carboxylic acids is 1. The van der Waals surface area contributed by atoms with Gasteiger partial charge in [0.2, 0.25) is 0 Å². The van der Waals surface area contributed by atoms with Gasteiger partial charge in [-0.2, -0.15) is 26.3 Å². The molecule has 162 valence electrons. The lowest BCUT2D eigenvalue weighted by Gasteiger charge is -2.33. The number of carbonyl (C=O) groups is 1. The zero-order valence-electron chi connectivity index (χ0n) is 15.0. The number of hydrogen-bond acceptors (Lipinski definition) is 2. The van der Waals surface area contributed by atoms with Crippen molar-refractivity contribution in [2.45, 2.75) is 18.5 Å². The molecule has 0 spiro atoms. The zero-order chi connectivity index (χ0) is 22.3. The highest BCUT2D eigenvalue weighted by Gasteiger charge is 2.38. The Kier molecular flexibility index (Phi) is 6.27. The van der Waals surface area contributed by atoms with Crippen molar-refractivity contribution < 1.29 is 35.9 Å². The van der Waals surface area contributed by atoms with Gasteiger partial charge in [0.05, 0.1) is 34.3 Å². The predicted octanol–water partition coefficient (Wildman–Crippen LogP) is 6.24.